The van der Waals surface area contributed by atoms with Crippen LogP contribution in [0.1, 0.15) is 5.56 Å². The van der Waals surface area contributed by atoms with Crippen molar-refractivity contribution in [1.29, 1.82) is 0 Å². The van der Waals surface area contributed by atoms with Crippen molar-refractivity contribution in [2.75, 3.05) is 5.43 Å². The molecule has 1 aromatic carbocycles. The number of rotatable bonds is 3. The van der Waals surface area contributed by atoms with E-state index >= 15 is 0 Å². The SMILES string of the molecule is NNc1ccc(S(N)=O)c(CO)c1. The number of nitrogen functional groups attached to an aromatic ring is 1. The van der Waals surface area contributed by atoms with Crippen LogP contribution in [-0.4, -0.2) is 9.32 Å². The standard InChI is InChI=1S/C7H11N3O2S/c8-10-6-1-2-7(13(9)12)5(3-6)4-11/h1-3,10-11H,4,8-9H2. The maximum atomic E-state index is 11.0. The highest BCUT2D eigenvalue weighted by Gasteiger charge is 2.06. The molecule has 5 nitrogen and oxygen atoms in total. The normalized spacial score (nSPS) is 12.5. The molecule has 6 heteroatoms. The van der Waals surface area contributed by atoms with Crippen molar-refractivity contribution in [2.24, 2.45) is 11.0 Å². The molecule has 1 aromatic rings. The van der Waals surface area contributed by atoms with E-state index in [1.165, 1.54) is 0 Å². The number of aliphatic hydroxyl groups is 1. The summed E-state index contributed by atoms with van der Waals surface area (Å²) in [5.41, 5.74) is 3.56. The highest BCUT2D eigenvalue weighted by Crippen LogP contribution is 2.16. The van der Waals surface area contributed by atoms with Gasteiger partial charge >= 0.3 is 0 Å². The van der Waals surface area contributed by atoms with Crippen LogP contribution in [0.2, 0.25) is 0 Å². The van der Waals surface area contributed by atoms with Crippen LogP contribution in [0.25, 0.3) is 0 Å². The zero-order chi connectivity index (χ0) is 9.84. The summed E-state index contributed by atoms with van der Waals surface area (Å²) in [4.78, 5) is 0.418. The Balaban J connectivity index is 3.15. The van der Waals surface area contributed by atoms with Crippen LogP contribution in [0.3, 0.4) is 0 Å². The minimum Gasteiger partial charge on any atom is -0.392 e. The first-order valence-corrected chi connectivity index (χ1v) is 4.77. The molecule has 0 bridgehead atoms. The first kappa shape index (κ1) is 10.1. The first-order valence-electron chi connectivity index (χ1n) is 3.55. The van der Waals surface area contributed by atoms with Crippen LogP contribution in [-0.2, 0) is 17.6 Å². The number of aliphatic hydroxyl groups excluding tert-OH is 1. The van der Waals surface area contributed by atoms with Crippen LogP contribution in [0.4, 0.5) is 5.69 Å². The Morgan fingerprint density at radius 3 is 2.69 bits per heavy atom. The third-order valence-electron chi connectivity index (χ3n) is 1.61. The zero-order valence-corrected chi connectivity index (χ0v) is 7.67. The highest BCUT2D eigenvalue weighted by molar-refractivity contribution is 7.82. The fourth-order valence-electron chi connectivity index (χ4n) is 0.989. The Morgan fingerprint density at radius 2 is 2.23 bits per heavy atom. The van der Waals surface area contributed by atoms with Gasteiger partial charge in [-0.1, -0.05) is 0 Å². The molecule has 0 saturated heterocycles. The smallest absolute Gasteiger partial charge is 0.122 e. The topological polar surface area (TPSA) is 101 Å². The molecule has 6 N–H and O–H groups in total. The van der Waals surface area contributed by atoms with Gasteiger partial charge in [-0.3, -0.25) is 5.84 Å². The predicted molar refractivity (Wildman–Crippen MR) is 50.8 cm³/mol. The lowest BCUT2D eigenvalue weighted by atomic mass is 10.2. The van der Waals surface area contributed by atoms with E-state index in [0.29, 0.717) is 16.1 Å². The molecule has 0 amide bonds. The maximum absolute atomic E-state index is 11.0. The molecular weight excluding hydrogens is 190 g/mol. The average Bonchev–Trinajstić information content (AvgIpc) is 2.16. The molecule has 0 heterocycles. The van der Waals surface area contributed by atoms with Crippen LogP contribution < -0.4 is 16.4 Å². The summed E-state index contributed by atoms with van der Waals surface area (Å²) in [6.07, 6.45) is 0. The van der Waals surface area contributed by atoms with Crippen LogP contribution >= 0.6 is 0 Å². The molecule has 1 unspecified atom stereocenters. The monoisotopic (exact) mass is 201 g/mol. The van der Waals surface area contributed by atoms with Gasteiger partial charge in [0, 0.05) is 5.69 Å². The predicted octanol–water partition coefficient (Wildman–Crippen LogP) is -0.554. The van der Waals surface area contributed by atoms with Crippen LogP contribution in [0, 0.1) is 0 Å². The van der Waals surface area contributed by atoms with E-state index in [0.717, 1.165) is 0 Å². The number of nitrogens with two attached hydrogens (primary N) is 2. The lowest BCUT2D eigenvalue weighted by Gasteiger charge is -2.06. The van der Waals surface area contributed by atoms with E-state index < -0.39 is 11.0 Å². The second-order valence-electron chi connectivity index (χ2n) is 2.42. The molecule has 0 radical (unpaired) electrons. The van der Waals surface area contributed by atoms with Gasteiger partial charge in [0.2, 0.25) is 0 Å². The molecule has 0 aliphatic rings. The molecule has 1 rings (SSSR count). The van der Waals surface area contributed by atoms with Gasteiger partial charge in [0.15, 0.2) is 0 Å². The number of hydrogen-bond donors (Lipinski definition) is 4. The third-order valence-corrected chi connectivity index (χ3v) is 2.45. The van der Waals surface area contributed by atoms with Gasteiger partial charge in [0.1, 0.15) is 11.0 Å². The Kier molecular flexibility index (Phi) is 3.38. The summed E-state index contributed by atoms with van der Waals surface area (Å²) in [5.74, 6) is 5.16. The molecule has 0 aliphatic heterocycles. The number of benzene rings is 1. The minimum atomic E-state index is -1.58. The molecule has 0 saturated carbocycles. The summed E-state index contributed by atoms with van der Waals surface area (Å²) < 4.78 is 11.0. The Labute approximate surface area is 78.3 Å². The zero-order valence-electron chi connectivity index (χ0n) is 6.86. The summed E-state index contributed by atoms with van der Waals surface area (Å²) in [6, 6.07) is 4.80. The van der Waals surface area contributed by atoms with Gasteiger partial charge in [0.05, 0.1) is 11.5 Å². The van der Waals surface area contributed by atoms with Gasteiger partial charge < -0.3 is 10.5 Å². The van der Waals surface area contributed by atoms with E-state index in [1.807, 2.05) is 0 Å². The van der Waals surface area contributed by atoms with Gasteiger partial charge in [-0.05, 0) is 23.8 Å². The largest absolute Gasteiger partial charge is 0.392 e. The third kappa shape index (κ3) is 2.25. The molecular formula is C7H11N3O2S. The summed E-state index contributed by atoms with van der Waals surface area (Å²) >= 11 is 0. The fraction of sp³-hybridized carbons (Fsp3) is 0.143. The van der Waals surface area contributed by atoms with Gasteiger partial charge in [0.25, 0.3) is 0 Å². The molecule has 0 aromatic heterocycles. The van der Waals surface area contributed by atoms with Crippen LogP contribution in [0.5, 0.6) is 0 Å². The number of anilines is 1. The minimum absolute atomic E-state index is 0.214. The van der Waals surface area contributed by atoms with Gasteiger partial charge in [-0.15, -0.1) is 0 Å². The van der Waals surface area contributed by atoms with E-state index in [1.54, 1.807) is 18.2 Å². The van der Waals surface area contributed by atoms with Crippen molar-refractivity contribution in [1.82, 2.24) is 0 Å². The Morgan fingerprint density at radius 1 is 1.54 bits per heavy atom. The molecule has 0 aliphatic carbocycles. The van der Waals surface area contributed by atoms with Gasteiger partial charge in [-0.2, -0.15) is 0 Å². The summed E-state index contributed by atoms with van der Waals surface area (Å²) in [7, 11) is -1.58. The Hall–Kier alpha value is -0.950. The number of nitrogens with one attached hydrogen (secondary N) is 1. The van der Waals surface area contributed by atoms with Crippen molar-refractivity contribution < 1.29 is 9.32 Å². The lowest BCUT2D eigenvalue weighted by Crippen LogP contribution is -2.10. The molecule has 13 heavy (non-hydrogen) atoms. The summed E-state index contributed by atoms with van der Waals surface area (Å²) in [6.45, 7) is -0.214. The van der Waals surface area contributed by atoms with Crippen molar-refractivity contribution in [2.45, 2.75) is 11.5 Å². The molecule has 72 valence electrons. The van der Waals surface area contributed by atoms with E-state index in [9.17, 15) is 4.21 Å². The van der Waals surface area contributed by atoms with Gasteiger partial charge in [-0.25, -0.2) is 9.35 Å². The Bertz CT molecular complexity index is 330. The number of hydrogen-bond acceptors (Lipinski definition) is 4. The molecule has 1 atom stereocenters. The number of hydrazine groups is 1. The quantitative estimate of drug-likeness (QED) is 0.389. The van der Waals surface area contributed by atoms with E-state index in [2.05, 4.69) is 5.43 Å². The second kappa shape index (κ2) is 4.33. The van der Waals surface area contributed by atoms with E-state index in [4.69, 9.17) is 16.1 Å². The van der Waals surface area contributed by atoms with Crippen molar-refractivity contribution in [3.05, 3.63) is 23.8 Å². The van der Waals surface area contributed by atoms with E-state index in [-0.39, 0.29) is 6.61 Å². The first-order chi connectivity index (χ1) is 6.19. The second-order valence-corrected chi connectivity index (χ2v) is 3.46. The van der Waals surface area contributed by atoms with Crippen molar-refractivity contribution >= 4 is 16.7 Å². The molecule has 0 fully saturated rings. The van der Waals surface area contributed by atoms with Crippen molar-refractivity contribution in [3.8, 4) is 0 Å². The summed E-state index contributed by atoms with van der Waals surface area (Å²) in [5, 5.41) is 14.1. The average molecular weight is 201 g/mol. The highest BCUT2D eigenvalue weighted by atomic mass is 32.2. The lowest BCUT2D eigenvalue weighted by molar-refractivity contribution is 0.279. The van der Waals surface area contributed by atoms with Crippen LogP contribution in [0.15, 0.2) is 23.1 Å². The fourth-order valence-corrected chi connectivity index (χ4v) is 1.57. The maximum Gasteiger partial charge on any atom is 0.122 e. The van der Waals surface area contributed by atoms with Crippen molar-refractivity contribution in [3.63, 3.8) is 0 Å². The molecule has 0 spiro atoms.